The standard InChI is InChI=1S/C15H24FN3/c1-4-11(3)9-19(5-2)10-12-6-13(15(17)18)8-14(16)7-12/h6-8,11H,4-5,9-10H2,1-3H3,(H3,17,18). The molecule has 0 aromatic heterocycles. The average molecular weight is 265 g/mol. The summed E-state index contributed by atoms with van der Waals surface area (Å²) in [5, 5.41) is 7.40. The first-order valence-electron chi connectivity index (χ1n) is 6.82. The van der Waals surface area contributed by atoms with Gasteiger partial charge in [-0.05, 0) is 36.2 Å². The van der Waals surface area contributed by atoms with Crippen LogP contribution in [0.15, 0.2) is 18.2 Å². The van der Waals surface area contributed by atoms with Gasteiger partial charge in [0.2, 0.25) is 0 Å². The maximum Gasteiger partial charge on any atom is 0.124 e. The van der Waals surface area contributed by atoms with Crippen molar-refractivity contribution in [3.8, 4) is 0 Å². The Morgan fingerprint density at radius 2 is 2.05 bits per heavy atom. The monoisotopic (exact) mass is 265 g/mol. The van der Waals surface area contributed by atoms with E-state index in [4.69, 9.17) is 11.1 Å². The summed E-state index contributed by atoms with van der Waals surface area (Å²) in [4.78, 5) is 2.28. The molecule has 0 fully saturated rings. The van der Waals surface area contributed by atoms with Crippen LogP contribution in [0, 0.1) is 17.1 Å². The SMILES string of the molecule is CCC(C)CN(CC)Cc1cc(F)cc(C(=N)N)c1. The van der Waals surface area contributed by atoms with Crippen LogP contribution >= 0.6 is 0 Å². The summed E-state index contributed by atoms with van der Waals surface area (Å²) in [5.41, 5.74) is 6.74. The summed E-state index contributed by atoms with van der Waals surface area (Å²) in [6.45, 7) is 9.12. The van der Waals surface area contributed by atoms with Crippen molar-refractivity contribution in [2.75, 3.05) is 13.1 Å². The van der Waals surface area contributed by atoms with Gasteiger partial charge in [-0.3, -0.25) is 10.3 Å². The van der Waals surface area contributed by atoms with Crippen molar-refractivity contribution in [3.05, 3.63) is 35.1 Å². The Bertz CT molecular complexity index is 431. The van der Waals surface area contributed by atoms with Crippen LogP contribution in [0.5, 0.6) is 0 Å². The van der Waals surface area contributed by atoms with Crippen LogP contribution in [0.3, 0.4) is 0 Å². The van der Waals surface area contributed by atoms with E-state index in [1.165, 1.54) is 12.1 Å². The summed E-state index contributed by atoms with van der Waals surface area (Å²) in [6, 6.07) is 4.62. The zero-order valence-electron chi connectivity index (χ0n) is 12.0. The van der Waals surface area contributed by atoms with Crippen molar-refractivity contribution in [1.82, 2.24) is 4.90 Å². The minimum absolute atomic E-state index is 0.0919. The minimum Gasteiger partial charge on any atom is -0.384 e. The number of hydrogen-bond donors (Lipinski definition) is 2. The molecule has 1 aromatic rings. The van der Waals surface area contributed by atoms with Crippen molar-refractivity contribution in [1.29, 1.82) is 5.41 Å². The van der Waals surface area contributed by atoms with Crippen molar-refractivity contribution < 1.29 is 4.39 Å². The van der Waals surface area contributed by atoms with Gasteiger partial charge in [-0.1, -0.05) is 27.2 Å². The molecule has 0 heterocycles. The molecular weight excluding hydrogens is 241 g/mol. The van der Waals surface area contributed by atoms with Gasteiger partial charge in [-0.25, -0.2) is 4.39 Å². The third kappa shape index (κ3) is 4.99. The fraction of sp³-hybridized carbons (Fsp3) is 0.533. The summed E-state index contributed by atoms with van der Waals surface area (Å²) in [5.74, 6) is 0.203. The highest BCUT2D eigenvalue weighted by atomic mass is 19.1. The lowest BCUT2D eigenvalue weighted by Crippen LogP contribution is -2.28. The molecule has 1 atom stereocenters. The van der Waals surface area contributed by atoms with Crippen LogP contribution in [0.2, 0.25) is 0 Å². The van der Waals surface area contributed by atoms with Crippen LogP contribution in [0.4, 0.5) is 4.39 Å². The first-order valence-corrected chi connectivity index (χ1v) is 6.82. The van der Waals surface area contributed by atoms with Crippen LogP contribution in [-0.2, 0) is 6.54 Å². The molecule has 0 amide bonds. The molecule has 1 aromatic carbocycles. The topological polar surface area (TPSA) is 53.1 Å². The molecule has 0 aliphatic heterocycles. The highest BCUT2D eigenvalue weighted by Crippen LogP contribution is 2.13. The number of nitrogens with two attached hydrogens (primary N) is 1. The van der Waals surface area contributed by atoms with Crippen LogP contribution in [0.1, 0.15) is 38.3 Å². The Kier molecular flexibility index (Phi) is 5.96. The highest BCUT2D eigenvalue weighted by Gasteiger charge is 2.10. The Morgan fingerprint density at radius 3 is 2.58 bits per heavy atom. The number of nitrogens with zero attached hydrogens (tertiary/aromatic N) is 1. The second kappa shape index (κ2) is 7.24. The van der Waals surface area contributed by atoms with Gasteiger partial charge >= 0.3 is 0 Å². The van der Waals surface area contributed by atoms with E-state index >= 15 is 0 Å². The largest absolute Gasteiger partial charge is 0.384 e. The second-order valence-electron chi connectivity index (χ2n) is 5.10. The normalized spacial score (nSPS) is 12.7. The fourth-order valence-corrected chi connectivity index (χ4v) is 2.03. The lowest BCUT2D eigenvalue weighted by molar-refractivity contribution is 0.238. The smallest absolute Gasteiger partial charge is 0.124 e. The molecule has 0 aliphatic rings. The van der Waals surface area contributed by atoms with Gasteiger partial charge in [-0.2, -0.15) is 0 Å². The first kappa shape index (κ1) is 15.6. The zero-order chi connectivity index (χ0) is 14.4. The Morgan fingerprint density at radius 1 is 1.37 bits per heavy atom. The lowest BCUT2D eigenvalue weighted by atomic mass is 10.1. The molecule has 0 radical (unpaired) electrons. The van der Waals surface area contributed by atoms with E-state index in [1.807, 2.05) is 0 Å². The molecule has 3 N–H and O–H groups in total. The summed E-state index contributed by atoms with van der Waals surface area (Å²) < 4.78 is 13.5. The van der Waals surface area contributed by atoms with E-state index in [-0.39, 0.29) is 11.7 Å². The second-order valence-corrected chi connectivity index (χ2v) is 5.10. The van der Waals surface area contributed by atoms with Gasteiger partial charge in [0, 0.05) is 18.7 Å². The fourth-order valence-electron chi connectivity index (χ4n) is 2.03. The maximum atomic E-state index is 13.5. The minimum atomic E-state index is -0.331. The summed E-state index contributed by atoms with van der Waals surface area (Å²) >= 11 is 0. The van der Waals surface area contributed by atoms with Crippen LogP contribution < -0.4 is 5.73 Å². The Balaban J connectivity index is 2.82. The first-order chi connectivity index (χ1) is 8.96. The molecule has 1 unspecified atom stereocenters. The lowest BCUT2D eigenvalue weighted by Gasteiger charge is -2.24. The molecule has 0 spiro atoms. The Labute approximate surface area is 115 Å². The van der Waals surface area contributed by atoms with Crippen molar-refractivity contribution >= 4 is 5.84 Å². The number of halogens is 1. The Hall–Kier alpha value is -1.42. The molecule has 106 valence electrons. The average Bonchev–Trinajstić information content (AvgIpc) is 2.36. The van der Waals surface area contributed by atoms with E-state index in [9.17, 15) is 4.39 Å². The predicted octanol–water partition coefficient (Wildman–Crippen LogP) is 2.98. The number of hydrogen-bond acceptors (Lipinski definition) is 2. The quantitative estimate of drug-likeness (QED) is 0.588. The van der Waals surface area contributed by atoms with E-state index < -0.39 is 0 Å². The maximum absolute atomic E-state index is 13.5. The molecule has 19 heavy (non-hydrogen) atoms. The van der Waals surface area contributed by atoms with Gasteiger partial charge in [0.15, 0.2) is 0 Å². The van der Waals surface area contributed by atoms with Crippen LogP contribution in [0.25, 0.3) is 0 Å². The third-order valence-corrected chi connectivity index (χ3v) is 3.39. The van der Waals surface area contributed by atoms with Crippen LogP contribution in [-0.4, -0.2) is 23.8 Å². The molecule has 3 nitrogen and oxygen atoms in total. The van der Waals surface area contributed by atoms with Crippen molar-refractivity contribution in [2.45, 2.75) is 33.7 Å². The van der Waals surface area contributed by atoms with E-state index in [1.54, 1.807) is 6.07 Å². The number of nitrogens with one attached hydrogen (secondary N) is 1. The summed E-state index contributed by atoms with van der Waals surface area (Å²) in [6.07, 6.45) is 1.14. The molecular formula is C15H24FN3. The third-order valence-electron chi connectivity index (χ3n) is 3.39. The molecule has 0 aliphatic carbocycles. The highest BCUT2D eigenvalue weighted by molar-refractivity contribution is 5.95. The molecule has 1 rings (SSSR count). The number of nitrogen functional groups attached to an aromatic ring is 1. The predicted molar refractivity (Wildman–Crippen MR) is 77.8 cm³/mol. The summed E-state index contributed by atoms with van der Waals surface area (Å²) in [7, 11) is 0. The van der Waals surface area contributed by atoms with Gasteiger partial charge in [0.25, 0.3) is 0 Å². The molecule has 4 heteroatoms. The van der Waals surface area contributed by atoms with E-state index in [0.29, 0.717) is 18.0 Å². The molecule has 0 saturated heterocycles. The van der Waals surface area contributed by atoms with E-state index in [0.717, 1.165) is 25.1 Å². The molecule has 0 bridgehead atoms. The van der Waals surface area contributed by atoms with E-state index in [2.05, 4.69) is 25.7 Å². The van der Waals surface area contributed by atoms with Gasteiger partial charge < -0.3 is 5.73 Å². The van der Waals surface area contributed by atoms with Gasteiger partial charge in [0.05, 0.1) is 0 Å². The number of rotatable bonds is 7. The van der Waals surface area contributed by atoms with Crippen molar-refractivity contribution in [3.63, 3.8) is 0 Å². The van der Waals surface area contributed by atoms with Crippen molar-refractivity contribution in [2.24, 2.45) is 11.7 Å². The molecule has 0 saturated carbocycles. The number of benzene rings is 1. The van der Waals surface area contributed by atoms with Gasteiger partial charge in [0.1, 0.15) is 11.7 Å². The zero-order valence-corrected chi connectivity index (χ0v) is 12.0. The number of amidine groups is 1. The van der Waals surface area contributed by atoms with Gasteiger partial charge in [-0.15, -0.1) is 0 Å².